The molecule has 3 rings (SSSR count). The van der Waals surface area contributed by atoms with Crippen LogP contribution in [0.5, 0.6) is 5.75 Å². The molecule has 37 heavy (non-hydrogen) atoms. The number of nitrogen functional groups attached to an aromatic ring is 1. The summed E-state index contributed by atoms with van der Waals surface area (Å²) in [6, 6.07) is 22.3. The lowest BCUT2D eigenvalue weighted by atomic mass is 9.96. The predicted octanol–water partition coefficient (Wildman–Crippen LogP) is 4.63. The monoisotopic (exact) mass is 500 g/mol. The van der Waals surface area contributed by atoms with Crippen molar-refractivity contribution in [1.82, 2.24) is 0 Å². The summed E-state index contributed by atoms with van der Waals surface area (Å²) in [5.41, 5.74) is 8.38. The SMILES string of the molecule is C[C@H](/C=C/C(=O)Nc1ccccc1N)[C@@H](OC(=O)Nc1ccc(C#N)cc1)c1cccc(OCCO)c1. The summed E-state index contributed by atoms with van der Waals surface area (Å²) in [6.07, 6.45) is 1.51. The largest absolute Gasteiger partial charge is 0.491 e. The summed E-state index contributed by atoms with van der Waals surface area (Å²) in [7, 11) is 0. The third kappa shape index (κ3) is 8.13. The molecule has 0 aliphatic rings. The van der Waals surface area contributed by atoms with Gasteiger partial charge in [0.25, 0.3) is 0 Å². The fourth-order valence-corrected chi connectivity index (χ4v) is 3.44. The Bertz CT molecular complexity index is 1280. The Balaban J connectivity index is 1.77. The van der Waals surface area contributed by atoms with Crippen LogP contribution in [-0.4, -0.2) is 30.3 Å². The maximum atomic E-state index is 12.7. The Kier molecular flexibility index (Phi) is 9.65. The van der Waals surface area contributed by atoms with Crippen LogP contribution in [0.15, 0.2) is 84.9 Å². The van der Waals surface area contributed by atoms with Crippen molar-refractivity contribution in [2.24, 2.45) is 5.92 Å². The van der Waals surface area contributed by atoms with Crippen LogP contribution in [0.2, 0.25) is 0 Å². The van der Waals surface area contributed by atoms with Crippen molar-refractivity contribution >= 4 is 29.1 Å². The van der Waals surface area contributed by atoms with Crippen LogP contribution in [0.1, 0.15) is 24.2 Å². The van der Waals surface area contributed by atoms with Gasteiger partial charge in [-0.25, -0.2) is 4.79 Å². The molecule has 0 fully saturated rings. The average molecular weight is 501 g/mol. The second kappa shape index (κ2) is 13.3. The molecule has 190 valence electrons. The van der Waals surface area contributed by atoms with Gasteiger partial charge in [0.1, 0.15) is 18.5 Å². The van der Waals surface area contributed by atoms with Gasteiger partial charge in [-0.15, -0.1) is 0 Å². The quantitative estimate of drug-likeness (QED) is 0.234. The van der Waals surface area contributed by atoms with E-state index in [0.29, 0.717) is 33.9 Å². The first-order valence-electron chi connectivity index (χ1n) is 11.5. The molecule has 0 heterocycles. The molecule has 0 unspecified atom stereocenters. The lowest BCUT2D eigenvalue weighted by molar-refractivity contribution is -0.111. The van der Waals surface area contributed by atoms with E-state index in [1.165, 1.54) is 6.08 Å². The summed E-state index contributed by atoms with van der Waals surface area (Å²) in [5, 5.41) is 23.4. The molecule has 0 aliphatic carbocycles. The number of benzene rings is 3. The van der Waals surface area contributed by atoms with E-state index in [9.17, 15) is 9.59 Å². The summed E-state index contributed by atoms with van der Waals surface area (Å²) in [6.45, 7) is 1.78. The van der Waals surface area contributed by atoms with Gasteiger partial charge in [-0.2, -0.15) is 5.26 Å². The number of aliphatic hydroxyl groups is 1. The van der Waals surface area contributed by atoms with E-state index in [4.69, 9.17) is 25.6 Å². The summed E-state index contributed by atoms with van der Waals surface area (Å²) in [5.74, 6) is -0.301. The maximum Gasteiger partial charge on any atom is 0.412 e. The third-order valence-electron chi connectivity index (χ3n) is 5.29. The van der Waals surface area contributed by atoms with Crippen LogP contribution in [-0.2, 0) is 9.53 Å². The number of carbonyl (C=O) groups is 2. The molecule has 9 heteroatoms. The molecule has 0 radical (unpaired) electrons. The van der Waals surface area contributed by atoms with E-state index in [1.807, 2.05) is 13.0 Å². The van der Waals surface area contributed by atoms with E-state index in [-0.39, 0.29) is 19.1 Å². The number of nitrogens with one attached hydrogen (secondary N) is 2. The van der Waals surface area contributed by atoms with Gasteiger partial charge >= 0.3 is 6.09 Å². The molecule has 0 bridgehead atoms. The van der Waals surface area contributed by atoms with Crippen LogP contribution in [0.25, 0.3) is 0 Å². The molecule has 5 N–H and O–H groups in total. The Morgan fingerprint density at radius 2 is 1.84 bits per heavy atom. The second-order valence-corrected chi connectivity index (χ2v) is 8.08. The molecule has 9 nitrogen and oxygen atoms in total. The molecule has 0 aliphatic heterocycles. The first-order valence-corrected chi connectivity index (χ1v) is 11.5. The topological polar surface area (TPSA) is 147 Å². The van der Waals surface area contributed by atoms with Gasteiger partial charge in [0.05, 0.1) is 29.6 Å². The number of amides is 2. The normalized spacial score (nSPS) is 12.2. The van der Waals surface area contributed by atoms with Crippen LogP contribution >= 0.6 is 0 Å². The Labute approximate surface area is 215 Å². The predicted molar refractivity (Wildman–Crippen MR) is 141 cm³/mol. The van der Waals surface area contributed by atoms with Gasteiger partial charge in [0.2, 0.25) is 5.91 Å². The number of nitrogens with two attached hydrogens (primary N) is 1. The number of anilines is 3. The van der Waals surface area contributed by atoms with Gasteiger partial charge in [-0.3, -0.25) is 10.1 Å². The number of ether oxygens (including phenoxy) is 2. The smallest absolute Gasteiger partial charge is 0.412 e. The summed E-state index contributed by atoms with van der Waals surface area (Å²) >= 11 is 0. The number of hydrogen-bond acceptors (Lipinski definition) is 7. The number of carbonyl (C=O) groups excluding carboxylic acids is 2. The summed E-state index contributed by atoms with van der Waals surface area (Å²) < 4.78 is 11.3. The Morgan fingerprint density at radius 1 is 1.08 bits per heavy atom. The van der Waals surface area contributed by atoms with Crippen molar-refractivity contribution in [3.8, 4) is 11.8 Å². The number of para-hydroxylation sites is 2. The van der Waals surface area contributed by atoms with Crippen molar-refractivity contribution in [3.63, 3.8) is 0 Å². The molecular formula is C28H28N4O5. The standard InChI is InChI=1S/C28H28N4O5/c1-19(9-14-26(34)32-25-8-3-2-7-24(25)30)27(21-5-4-6-23(17-21)36-16-15-33)37-28(35)31-22-12-10-20(18-29)11-13-22/h2-14,17,19,27,33H,15-16,30H2,1H3,(H,31,35)(H,32,34)/b14-9+/t19-,27-/m1/s1. The van der Waals surface area contributed by atoms with E-state index in [0.717, 1.165) is 0 Å². The highest BCUT2D eigenvalue weighted by molar-refractivity contribution is 6.01. The van der Waals surface area contributed by atoms with Gasteiger partial charge in [-0.05, 0) is 60.2 Å². The van der Waals surface area contributed by atoms with Crippen LogP contribution in [0.4, 0.5) is 21.9 Å². The zero-order chi connectivity index (χ0) is 26.6. The summed E-state index contributed by atoms with van der Waals surface area (Å²) in [4.78, 5) is 25.2. The number of hydrogen-bond donors (Lipinski definition) is 4. The molecule has 3 aromatic carbocycles. The molecule has 0 saturated heterocycles. The zero-order valence-corrected chi connectivity index (χ0v) is 20.3. The molecule has 2 amide bonds. The molecule has 0 spiro atoms. The van der Waals surface area contributed by atoms with Gasteiger partial charge in [0, 0.05) is 11.6 Å². The third-order valence-corrected chi connectivity index (χ3v) is 5.29. The van der Waals surface area contributed by atoms with Crippen molar-refractivity contribution in [3.05, 3.63) is 96.1 Å². The van der Waals surface area contributed by atoms with Gasteiger partial charge in [0.15, 0.2) is 0 Å². The molecule has 0 aromatic heterocycles. The highest BCUT2D eigenvalue weighted by Crippen LogP contribution is 2.30. The fraction of sp³-hybridized carbons (Fsp3) is 0.179. The van der Waals surface area contributed by atoms with Crippen LogP contribution in [0, 0.1) is 17.2 Å². The van der Waals surface area contributed by atoms with E-state index < -0.39 is 18.1 Å². The molecule has 2 atom stereocenters. The highest BCUT2D eigenvalue weighted by Gasteiger charge is 2.23. The Hall–Kier alpha value is -4.81. The minimum atomic E-state index is -0.776. The van der Waals surface area contributed by atoms with Crippen LogP contribution in [0.3, 0.4) is 0 Å². The Morgan fingerprint density at radius 3 is 2.54 bits per heavy atom. The van der Waals surface area contributed by atoms with Crippen molar-refractivity contribution in [1.29, 1.82) is 5.26 Å². The molecular weight excluding hydrogens is 472 g/mol. The second-order valence-electron chi connectivity index (χ2n) is 8.08. The molecule has 0 saturated carbocycles. The molecule has 3 aromatic rings. The average Bonchev–Trinajstić information content (AvgIpc) is 2.91. The fourth-order valence-electron chi connectivity index (χ4n) is 3.44. The maximum absolute atomic E-state index is 12.7. The van der Waals surface area contributed by atoms with Crippen molar-refractivity contribution in [2.75, 3.05) is 29.6 Å². The number of nitriles is 1. The first-order chi connectivity index (χ1) is 17.9. The van der Waals surface area contributed by atoms with E-state index >= 15 is 0 Å². The number of nitrogens with zero attached hydrogens (tertiary/aromatic N) is 1. The zero-order valence-electron chi connectivity index (χ0n) is 20.3. The van der Waals surface area contributed by atoms with Crippen LogP contribution < -0.4 is 21.1 Å². The number of rotatable bonds is 10. The lowest BCUT2D eigenvalue weighted by Crippen LogP contribution is -2.21. The lowest BCUT2D eigenvalue weighted by Gasteiger charge is -2.23. The van der Waals surface area contributed by atoms with Gasteiger partial charge in [-0.1, -0.05) is 37.3 Å². The highest BCUT2D eigenvalue weighted by atomic mass is 16.6. The van der Waals surface area contributed by atoms with Crippen molar-refractivity contribution < 1.29 is 24.2 Å². The minimum Gasteiger partial charge on any atom is -0.491 e. The minimum absolute atomic E-state index is 0.117. The number of aliphatic hydroxyl groups excluding tert-OH is 1. The van der Waals surface area contributed by atoms with Gasteiger partial charge < -0.3 is 25.6 Å². The van der Waals surface area contributed by atoms with Crippen molar-refractivity contribution in [2.45, 2.75) is 13.0 Å². The van der Waals surface area contributed by atoms with E-state index in [2.05, 4.69) is 10.6 Å². The first kappa shape index (κ1) is 26.8. The van der Waals surface area contributed by atoms with E-state index in [1.54, 1.807) is 78.9 Å².